The lowest BCUT2D eigenvalue weighted by Gasteiger charge is -2.32. The van der Waals surface area contributed by atoms with Gasteiger partial charge in [-0.2, -0.15) is 0 Å². The van der Waals surface area contributed by atoms with Gasteiger partial charge in [-0.3, -0.25) is 9.69 Å². The topological polar surface area (TPSA) is 82.5 Å². The van der Waals surface area contributed by atoms with E-state index in [4.69, 9.17) is 0 Å². The number of nitrogens with zero attached hydrogens (tertiary/aromatic N) is 2. The number of carbonyl (C=O) groups is 2. The van der Waals surface area contributed by atoms with Crippen LogP contribution >= 0.6 is 0 Å². The van der Waals surface area contributed by atoms with E-state index >= 15 is 0 Å². The molecule has 1 aromatic rings. The van der Waals surface area contributed by atoms with E-state index in [-0.39, 0.29) is 5.91 Å². The molecule has 0 aliphatic rings. The van der Waals surface area contributed by atoms with Crippen LogP contribution in [0.1, 0.15) is 50.9 Å². The largest absolute Gasteiger partial charge is 0.465 e. The van der Waals surface area contributed by atoms with Crippen molar-refractivity contribution in [2.24, 2.45) is 0 Å². The average molecular weight is 307 g/mol. The fourth-order valence-corrected chi connectivity index (χ4v) is 2.26. The summed E-state index contributed by atoms with van der Waals surface area (Å²) in [5, 5.41) is 12.3. The predicted octanol–water partition coefficient (Wildman–Crippen LogP) is 3.01. The summed E-state index contributed by atoms with van der Waals surface area (Å²) < 4.78 is 0. The molecule has 0 atom stereocenters. The highest BCUT2D eigenvalue weighted by atomic mass is 16.4. The third-order valence-electron chi connectivity index (χ3n) is 3.42. The van der Waals surface area contributed by atoms with Crippen molar-refractivity contribution in [2.45, 2.75) is 60.0 Å². The van der Waals surface area contributed by atoms with E-state index in [1.807, 2.05) is 34.6 Å². The zero-order valence-electron chi connectivity index (χ0n) is 14.1. The Morgan fingerprint density at radius 1 is 1.32 bits per heavy atom. The second-order valence-corrected chi connectivity index (χ2v) is 6.28. The maximum atomic E-state index is 11.5. The number of aromatic nitrogens is 1. The number of carboxylic acid groups (broad SMARTS) is 1. The van der Waals surface area contributed by atoms with Crippen molar-refractivity contribution in [3.8, 4) is 0 Å². The molecule has 0 saturated carbocycles. The van der Waals surface area contributed by atoms with E-state index in [1.54, 1.807) is 13.0 Å². The summed E-state index contributed by atoms with van der Waals surface area (Å²) in [5.41, 5.74) is 1.97. The van der Waals surface area contributed by atoms with Crippen LogP contribution < -0.4 is 10.2 Å². The van der Waals surface area contributed by atoms with E-state index < -0.39 is 11.6 Å². The SMILES string of the molecule is CCC(=O)NCc1c(C)cc(N(C(=O)O)C(C)(C)C)nc1C. The zero-order valence-corrected chi connectivity index (χ0v) is 14.1. The summed E-state index contributed by atoms with van der Waals surface area (Å²) >= 11 is 0. The van der Waals surface area contributed by atoms with Crippen molar-refractivity contribution in [2.75, 3.05) is 4.90 Å². The normalized spacial score (nSPS) is 11.2. The summed E-state index contributed by atoms with van der Waals surface area (Å²) in [6.45, 7) is 11.4. The standard InChI is InChI=1S/C16H25N3O3/c1-7-14(20)17-9-12-10(2)8-13(18-11(12)3)19(15(21)22)16(4,5)6/h8H,7,9H2,1-6H3,(H,17,20)(H,21,22). The lowest BCUT2D eigenvalue weighted by Crippen LogP contribution is -2.45. The number of hydrogen-bond acceptors (Lipinski definition) is 3. The van der Waals surface area contributed by atoms with Crippen molar-refractivity contribution in [3.63, 3.8) is 0 Å². The summed E-state index contributed by atoms with van der Waals surface area (Å²) in [4.78, 5) is 28.6. The minimum absolute atomic E-state index is 0.0234. The lowest BCUT2D eigenvalue weighted by molar-refractivity contribution is -0.120. The molecule has 0 aliphatic carbocycles. The first-order valence-corrected chi connectivity index (χ1v) is 7.35. The molecule has 6 heteroatoms. The monoisotopic (exact) mass is 307 g/mol. The number of pyridine rings is 1. The summed E-state index contributed by atoms with van der Waals surface area (Å²) in [6.07, 6.45) is -0.605. The van der Waals surface area contributed by atoms with Gasteiger partial charge in [0.2, 0.25) is 5.91 Å². The highest BCUT2D eigenvalue weighted by molar-refractivity contribution is 5.86. The van der Waals surface area contributed by atoms with Gasteiger partial charge in [-0.25, -0.2) is 9.78 Å². The van der Waals surface area contributed by atoms with Crippen LogP contribution in [0, 0.1) is 13.8 Å². The molecule has 0 fully saturated rings. The second kappa shape index (κ2) is 6.77. The molecule has 2 amide bonds. The van der Waals surface area contributed by atoms with Crippen molar-refractivity contribution in [1.82, 2.24) is 10.3 Å². The van der Waals surface area contributed by atoms with Crippen LogP contribution in [-0.2, 0) is 11.3 Å². The number of nitrogens with one attached hydrogen (secondary N) is 1. The van der Waals surface area contributed by atoms with Gasteiger partial charge in [0.05, 0.1) is 0 Å². The van der Waals surface area contributed by atoms with Gasteiger partial charge in [-0.15, -0.1) is 0 Å². The van der Waals surface area contributed by atoms with Gasteiger partial charge in [-0.1, -0.05) is 6.92 Å². The molecule has 0 aromatic carbocycles. The Morgan fingerprint density at radius 2 is 1.91 bits per heavy atom. The first-order valence-electron chi connectivity index (χ1n) is 7.35. The highest BCUT2D eigenvalue weighted by Gasteiger charge is 2.29. The van der Waals surface area contributed by atoms with Crippen LogP contribution in [0.15, 0.2) is 6.07 Å². The van der Waals surface area contributed by atoms with Crippen molar-refractivity contribution in [3.05, 3.63) is 22.9 Å². The van der Waals surface area contributed by atoms with Gasteiger partial charge in [-0.05, 0) is 51.8 Å². The molecule has 22 heavy (non-hydrogen) atoms. The van der Waals surface area contributed by atoms with Gasteiger partial charge < -0.3 is 10.4 Å². The second-order valence-electron chi connectivity index (χ2n) is 6.28. The lowest BCUT2D eigenvalue weighted by atomic mass is 10.0. The van der Waals surface area contributed by atoms with Crippen LogP contribution in [0.5, 0.6) is 0 Å². The van der Waals surface area contributed by atoms with Crippen molar-refractivity contribution < 1.29 is 14.7 Å². The molecule has 1 aromatic heterocycles. The maximum absolute atomic E-state index is 11.5. The summed E-state index contributed by atoms with van der Waals surface area (Å²) in [5.74, 6) is 0.380. The molecule has 0 saturated heterocycles. The molecule has 1 heterocycles. The van der Waals surface area contributed by atoms with Crippen LogP contribution in [0.25, 0.3) is 0 Å². The van der Waals surface area contributed by atoms with E-state index in [0.717, 1.165) is 16.8 Å². The van der Waals surface area contributed by atoms with E-state index in [1.165, 1.54) is 4.90 Å². The molecule has 0 bridgehead atoms. The Bertz CT molecular complexity index is 553. The van der Waals surface area contributed by atoms with Crippen molar-refractivity contribution in [1.29, 1.82) is 0 Å². The highest BCUT2D eigenvalue weighted by Crippen LogP contribution is 2.25. The maximum Gasteiger partial charge on any atom is 0.413 e. The van der Waals surface area contributed by atoms with Gasteiger partial charge in [0.25, 0.3) is 0 Å². The summed E-state index contributed by atoms with van der Waals surface area (Å²) in [6, 6.07) is 1.75. The molecule has 0 aliphatic heterocycles. The van der Waals surface area contributed by atoms with E-state index in [9.17, 15) is 14.7 Å². The molecule has 0 unspecified atom stereocenters. The van der Waals surface area contributed by atoms with E-state index in [2.05, 4.69) is 10.3 Å². The minimum Gasteiger partial charge on any atom is -0.465 e. The predicted molar refractivity (Wildman–Crippen MR) is 86.1 cm³/mol. The smallest absolute Gasteiger partial charge is 0.413 e. The Labute approximate surface area is 131 Å². The van der Waals surface area contributed by atoms with Gasteiger partial charge in [0.1, 0.15) is 5.82 Å². The number of carbonyl (C=O) groups excluding carboxylic acids is 1. The average Bonchev–Trinajstić information content (AvgIpc) is 2.35. The van der Waals surface area contributed by atoms with Crippen molar-refractivity contribution >= 4 is 17.8 Å². The third-order valence-corrected chi connectivity index (χ3v) is 3.42. The molecule has 2 N–H and O–H groups in total. The number of rotatable bonds is 4. The number of aryl methyl sites for hydroxylation is 2. The molecule has 1 rings (SSSR count). The number of hydrogen-bond donors (Lipinski definition) is 2. The molecular formula is C16H25N3O3. The van der Waals surface area contributed by atoms with Crippen LogP contribution in [0.3, 0.4) is 0 Å². The number of anilines is 1. The third kappa shape index (κ3) is 4.19. The van der Waals surface area contributed by atoms with Gasteiger partial charge in [0, 0.05) is 24.2 Å². The van der Waals surface area contributed by atoms with E-state index in [0.29, 0.717) is 18.8 Å². The quantitative estimate of drug-likeness (QED) is 0.895. The first kappa shape index (κ1) is 17.9. The molecular weight excluding hydrogens is 282 g/mol. The minimum atomic E-state index is -1.04. The number of amides is 2. The van der Waals surface area contributed by atoms with Gasteiger partial charge >= 0.3 is 6.09 Å². The zero-order chi connectivity index (χ0) is 17.1. The Balaban J connectivity index is 3.17. The molecule has 0 spiro atoms. The van der Waals surface area contributed by atoms with Crippen LogP contribution in [0.2, 0.25) is 0 Å². The fraction of sp³-hybridized carbons (Fsp3) is 0.562. The molecule has 122 valence electrons. The first-order chi connectivity index (χ1) is 10.1. The van der Waals surface area contributed by atoms with Crippen LogP contribution in [0.4, 0.5) is 10.6 Å². The fourth-order valence-electron chi connectivity index (χ4n) is 2.26. The Kier molecular flexibility index (Phi) is 5.52. The summed E-state index contributed by atoms with van der Waals surface area (Å²) in [7, 11) is 0. The van der Waals surface area contributed by atoms with Gasteiger partial charge in [0.15, 0.2) is 0 Å². The Morgan fingerprint density at radius 3 is 2.32 bits per heavy atom. The Hall–Kier alpha value is -2.11. The van der Waals surface area contributed by atoms with Crippen LogP contribution in [-0.4, -0.2) is 27.6 Å². The molecule has 0 radical (unpaired) electrons. The molecule has 6 nitrogen and oxygen atoms in total.